The lowest BCUT2D eigenvalue weighted by Crippen LogP contribution is -2.33. The van der Waals surface area contributed by atoms with Crippen molar-refractivity contribution in [2.75, 3.05) is 32.9 Å². The van der Waals surface area contributed by atoms with Crippen molar-refractivity contribution in [2.45, 2.75) is 11.8 Å². The Bertz CT molecular complexity index is 413. The van der Waals surface area contributed by atoms with E-state index >= 15 is 0 Å². The molecule has 92 valence electrons. The minimum Gasteiger partial charge on any atom is -0.486 e. The zero-order valence-electron chi connectivity index (χ0n) is 9.74. The zero-order valence-corrected chi connectivity index (χ0v) is 9.74. The van der Waals surface area contributed by atoms with Gasteiger partial charge in [0.05, 0.1) is 6.61 Å². The molecule has 0 aromatic heterocycles. The molecule has 0 amide bonds. The highest BCUT2D eigenvalue weighted by Gasteiger charge is 2.35. The summed E-state index contributed by atoms with van der Waals surface area (Å²) >= 11 is 0. The van der Waals surface area contributed by atoms with Crippen molar-refractivity contribution in [1.82, 2.24) is 5.32 Å². The molecule has 0 radical (unpaired) electrons. The SMILES string of the molecule is OCC1(c2ccc3c(c2)OCCO3)CCNC1. The lowest BCUT2D eigenvalue weighted by atomic mass is 9.80. The maximum absolute atomic E-state index is 9.66. The second-order valence-corrected chi connectivity index (χ2v) is 4.72. The topological polar surface area (TPSA) is 50.7 Å². The summed E-state index contributed by atoms with van der Waals surface area (Å²) in [7, 11) is 0. The Hall–Kier alpha value is -1.26. The van der Waals surface area contributed by atoms with E-state index in [9.17, 15) is 5.11 Å². The maximum Gasteiger partial charge on any atom is 0.161 e. The van der Waals surface area contributed by atoms with Gasteiger partial charge in [0.2, 0.25) is 0 Å². The van der Waals surface area contributed by atoms with Crippen LogP contribution in [0, 0.1) is 0 Å². The van der Waals surface area contributed by atoms with Gasteiger partial charge < -0.3 is 19.9 Å². The molecule has 2 heterocycles. The smallest absolute Gasteiger partial charge is 0.161 e. The quantitative estimate of drug-likeness (QED) is 0.791. The summed E-state index contributed by atoms with van der Waals surface area (Å²) in [6.45, 7) is 3.15. The molecule has 1 atom stereocenters. The van der Waals surface area contributed by atoms with Crippen molar-refractivity contribution < 1.29 is 14.6 Å². The molecule has 4 nitrogen and oxygen atoms in total. The maximum atomic E-state index is 9.66. The average Bonchev–Trinajstić information content (AvgIpc) is 2.88. The lowest BCUT2D eigenvalue weighted by molar-refractivity contribution is 0.169. The first-order valence-corrected chi connectivity index (χ1v) is 6.06. The number of ether oxygens (including phenoxy) is 2. The van der Waals surface area contributed by atoms with Crippen LogP contribution in [-0.2, 0) is 5.41 Å². The first kappa shape index (κ1) is 10.9. The predicted molar refractivity (Wildman–Crippen MR) is 63.7 cm³/mol. The molecule has 1 saturated heterocycles. The Balaban J connectivity index is 1.97. The van der Waals surface area contributed by atoms with E-state index in [0.717, 1.165) is 36.6 Å². The third kappa shape index (κ3) is 1.77. The van der Waals surface area contributed by atoms with E-state index in [1.807, 2.05) is 18.2 Å². The van der Waals surface area contributed by atoms with Crippen LogP contribution in [-0.4, -0.2) is 38.0 Å². The highest BCUT2D eigenvalue weighted by atomic mass is 16.6. The van der Waals surface area contributed by atoms with Gasteiger partial charge in [0.1, 0.15) is 13.2 Å². The molecule has 0 saturated carbocycles. The molecule has 1 aromatic carbocycles. The summed E-state index contributed by atoms with van der Waals surface area (Å²) in [5.41, 5.74) is 0.977. The highest BCUT2D eigenvalue weighted by Crippen LogP contribution is 2.37. The van der Waals surface area contributed by atoms with Gasteiger partial charge in [-0.1, -0.05) is 6.07 Å². The van der Waals surface area contributed by atoms with Gasteiger partial charge in [-0.15, -0.1) is 0 Å². The largest absolute Gasteiger partial charge is 0.486 e. The molecule has 4 heteroatoms. The van der Waals surface area contributed by atoms with Gasteiger partial charge in [0.25, 0.3) is 0 Å². The molecule has 17 heavy (non-hydrogen) atoms. The van der Waals surface area contributed by atoms with E-state index in [2.05, 4.69) is 5.32 Å². The fraction of sp³-hybridized carbons (Fsp3) is 0.538. The van der Waals surface area contributed by atoms with E-state index in [0.29, 0.717) is 13.2 Å². The molecule has 2 aliphatic rings. The van der Waals surface area contributed by atoms with Crippen LogP contribution in [0.5, 0.6) is 11.5 Å². The molecule has 1 fully saturated rings. The molecule has 0 spiro atoms. The van der Waals surface area contributed by atoms with E-state index in [-0.39, 0.29) is 12.0 Å². The summed E-state index contributed by atoms with van der Waals surface area (Å²) in [6.07, 6.45) is 0.961. The van der Waals surface area contributed by atoms with Crippen LogP contribution in [0.1, 0.15) is 12.0 Å². The summed E-state index contributed by atoms with van der Waals surface area (Å²) < 4.78 is 11.1. The Morgan fingerprint density at radius 3 is 2.76 bits per heavy atom. The molecule has 1 unspecified atom stereocenters. The number of aliphatic hydroxyl groups excluding tert-OH is 1. The van der Waals surface area contributed by atoms with Crippen LogP contribution >= 0.6 is 0 Å². The zero-order chi connectivity index (χ0) is 11.7. The van der Waals surface area contributed by atoms with E-state index in [1.165, 1.54) is 0 Å². The van der Waals surface area contributed by atoms with Crippen LogP contribution < -0.4 is 14.8 Å². The molecular weight excluding hydrogens is 218 g/mol. The standard InChI is InChI=1S/C13H17NO3/c15-9-13(3-4-14-8-13)10-1-2-11-12(7-10)17-6-5-16-11/h1-2,7,14-15H,3-6,8-9H2. The van der Waals surface area contributed by atoms with Crippen molar-refractivity contribution in [3.8, 4) is 11.5 Å². The Kier molecular flexibility index (Phi) is 2.68. The minimum absolute atomic E-state index is 0.157. The van der Waals surface area contributed by atoms with Crippen LogP contribution in [0.4, 0.5) is 0 Å². The molecule has 0 bridgehead atoms. The van der Waals surface area contributed by atoms with Gasteiger partial charge >= 0.3 is 0 Å². The van der Waals surface area contributed by atoms with Gasteiger partial charge in [-0.2, -0.15) is 0 Å². The third-order valence-electron chi connectivity index (χ3n) is 3.70. The highest BCUT2D eigenvalue weighted by molar-refractivity contribution is 5.46. The van der Waals surface area contributed by atoms with Gasteiger partial charge in [0.15, 0.2) is 11.5 Å². The summed E-state index contributed by atoms with van der Waals surface area (Å²) in [5, 5.41) is 13.0. The number of rotatable bonds is 2. The van der Waals surface area contributed by atoms with Crippen molar-refractivity contribution in [1.29, 1.82) is 0 Å². The molecule has 2 aliphatic heterocycles. The fourth-order valence-electron chi connectivity index (χ4n) is 2.59. The number of benzene rings is 1. The molecule has 0 aliphatic carbocycles. The molecular formula is C13H17NO3. The number of nitrogens with one attached hydrogen (secondary N) is 1. The fourth-order valence-corrected chi connectivity index (χ4v) is 2.59. The lowest BCUT2D eigenvalue weighted by Gasteiger charge is -2.28. The number of aliphatic hydroxyl groups is 1. The first-order chi connectivity index (χ1) is 8.34. The van der Waals surface area contributed by atoms with Crippen LogP contribution in [0.2, 0.25) is 0 Å². The van der Waals surface area contributed by atoms with Crippen LogP contribution in [0.25, 0.3) is 0 Å². The Morgan fingerprint density at radius 1 is 1.24 bits per heavy atom. The second-order valence-electron chi connectivity index (χ2n) is 4.72. The second kappa shape index (κ2) is 4.20. The monoisotopic (exact) mass is 235 g/mol. The Morgan fingerprint density at radius 2 is 2.06 bits per heavy atom. The average molecular weight is 235 g/mol. The van der Waals surface area contributed by atoms with Crippen molar-refractivity contribution in [3.05, 3.63) is 23.8 Å². The molecule has 3 rings (SSSR count). The van der Waals surface area contributed by atoms with Gasteiger partial charge in [-0.3, -0.25) is 0 Å². The van der Waals surface area contributed by atoms with E-state index in [4.69, 9.17) is 9.47 Å². The minimum atomic E-state index is -0.157. The van der Waals surface area contributed by atoms with E-state index < -0.39 is 0 Å². The van der Waals surface area contributed by atoms with Gasteiger partial charge in [0, 0.05) is 12.0 Å². The third-order valence-corrected chi connectivity index (χ3v) is 3.70. The van der Waals surface area contributed by atoms with E-state index in [1.54, 1.807) is 0 Å². The first-order valence-electron chi connectivity index (χ1n) is 6.06. The van der Waals surface area contributed by atoms with Crippen molar-refractivity contribution in [3.63, 3.8) is 0 Å². The van der Waals surface area contributed by atoms with Gasteiger partial charge in [-0.05, 0) is 30.7 Å². The summed E-state index contributed by atoms with van der Waals surface area (Å²) in [5.74, 6) is 1.60. The van der Waals surface area contributed by atoms with Gasteiger partial charge in [-0.25, -0.2) is 0 Å². The number of hydrogen-bond acceptors (Lipinski definition) is 4. The predicted octanol–water partition coefficient (Wildman–Crippen LogP) is 0.681. The molecule has 1 aromatic rings. The normalized spacial score (nSPS) is 27.1. The van der Waals surface area contributed by atoms with Crippen LogP contribution in [0.15, 0.2) is 18.2 Å². The van der Waals surface area contributed by atoms with Crippen LogP contribution in [0.3, 0.4) is 0 Å². The van der Waals surface area contributed by atoms with Crippen molar-refractivity contribution >= 4 is 0 Å². The Labute approximate surface area is 101 Å². The number of hydrogen-bond donors (Lipinski definition) is 2. The summed E-state index contributed by atoms with van der Waals surface area (Å²) in [6, 6.07) is 5.99. The molecule has 2 N–H and O–H groups in total. The summed E-state index contributed by atoms with van der Waals surface area (Å²) in [4.78, 5) is 0. The number of fused-ring (bicyclic) bond motifs is 1. The van der Waals surface area contributed by atoms with Crippen molar-refractivity contribution in [2.24, 2.45) is 0 Å².